The Morgan fingerprint density at radius 3 is 2.50 bits per heavy atom. The predicted octanol–water partition coefficient (Wildman–Crippen LogP) is 7.67. The number of benzene rings is 1. The number of aromatic nitrogens is 3. The van der Waals surface area contributed by atoms with Crippen molar-refractivity contribution in [1.29, 1.82) is 0 Å². The van der Waals surface area contributed by atoms with Crippen molar-refractivity contribution in [3.05, 3.63) is 81.5 Å². The van der Waals surface area contributed by atoms with Crippen LogP contribution in [0.3, 0.4) is 0 Å². The van der Waals surface area contributed by atoms with Crippen molar-refractivity contribution in [1.82, 2.24) is 19.7 Å². The Morgan fingerprint density at radius 1 is 1.07 bits per heavy atom. The Balaban J connectivity index is 1.20. The van der Waals surface area contributed by atoms with Crippen LogP contribution in [0.25, 0.3) is 16.4 Å². The SMILES string of the molecule is CCCc1cc(OCc2cc(C)sc2-c2cccc(-n3ncc(C(=O)O)c3C(F)(F)F)n2)ccc1C1CCN(C(=O)C2CC2)CC1. The van der Waals surface area contributed by atoms with Gasteiger partial charge in [0.2, 0.25) is 5.91 Å². The van der Waals surface area contributed by atoms with Crippen LogP contribution in [0.4, 0.5) is 13.2 Å². The first-order chi connectivity index (χ1) is 22.0. The maximum absolute atomic E-state index is 13.8. The lowest BCUT2D eigenvalue weighted by Gasteiger charge is -2.33. The Morgan fingerprint density at radius 2 is 1.83 bits per heavy atom. The summed E-state index contributed by atoms with van der Waals surface area (Å²) in [5, 5.41) is 13.0. The number of aryl methyl sites for hydroxylation is 2. The van der Waals surface area contributed by atoms with E-state index in [2.05, 4.69) is 29.1 Å². The van der Waals surface area contributed by atoms with Crippen molar-refractivity contribution in [2.75, 3.05) is 13.1 Å². The number of alkyl halides is 3. The smallest absolute Gasteiger partial charge is 0.434 e. The first-order valence-electron chi connectivity index (χ1n) is 15.5. The molecule has 1 N–H and O–H groups in total. The van der Waals surface area contributed by atoms with Gasteiger partial charge in [-0.3, -0.25) is 4.79 Å². The van der Waals surface area contributed by atoms with Gasteiger partial charge < -0.3 is 14.7 Å². The summed E-state index contributed by atoms with van der Waals surface area (Å²) in [5.41, 5.74) is 1.52. The van der Waals surface area contributed by atoms with E-state index < -0.39 is 23.4 Å². The van der Waals surface area contributed by atoms with Gasteiger partial charge in [0.05, 0.1) is 16.8 Å². The highest BCUT2D eigenvalue weighted by Gasteiger charge is 2.41. The number of carboxylic acids is 1. The molecule has 1 aliphatic heterocycles. The van der Waals surface area contributed by atoms with Crippen LogP contribution in [0.2, 0.25) is 0 Å². The second-order valence-electron chi connectivity index (χ2n) is 12.0. The minimum absolute atomic E-state index is 0.141. The minimum atomic E-state index is -4.95. The van der Waals surface area contributed by atoms with Gasteiger partial charge in [0.1, 0.15) is 17.9 Å². The molecule has 8 nitrogen and oxygen atoms in total. The molecule has 2 fully saturated rings. The number of amides is 1. The van der Waals surface area contributed by atoms with Gasteiger partial charge in [-0.15, -0.1) is 11.3 Å². The molecule has 46 heavy (non-hydrogen) atoms. The third-order valence-electron chi connectivity index (χ3n) is 8.59. The van der Waals surface area contributed by atoms with Gasteiger partial charge in [-0.1, -0.05) is 25.5 Å². The summed E-state index contributed by atoms with van der Waals surface area (Å²) >= 11 is 1.45. The second kappa shape index (κ2) is 12.9. The number of hydrogen-bond acceptors (Lipinski definition) is 6. The minimum Gasteiger partial charge on any atom is -0.489 e. The van der Waals surface area contributed by atoms with Gasteiger partial charge in [-0.25, -0.2) is 14.5 Å². The van der Waals surface area contributed by atoms with Crippen LogP contribution in [-0.2, 0) is 24.0 Å². The predicted molar refractivity (Wildman–Crippen MR) is 167 cm³/mol. The van der Waals surface area contributed by atoms with E-state index in [0.717, 1.165) is 72.7 Å². The quantitative estimate of drug-likeness (QED) is 0.189. The number of nitrogens with zero attached hydrogens (tertiary/aromatic N) is 4. The number of pyridine rings is 1. The average molecular weight is 653 g/mol. The van der Waals surface area contributed by atoms with Crippen molar-refractivity contribution >= 4 is 23.2 Å². The molecule has 6 rings (SSSR count). The van der Waals surface area contributed by atoms with Crippen LogP contribution in [0.1, 0.15) is 82.6 Å². The van der Waals surface area contributed by atoms with Gasteiger partial charge in [0, 0.05) is 29.4 Å². The molecule has 1 aromatic carbocycles. The number of halogens is 3. The molecule has 0 bridgehead atoms. The molecule has 3 aromatic heterocycles. The Kier molecular flexibility index (Phi) is 8.91. The molecular formula is C34H35F3N4O4S. The van der Waals surface area contributed by atoms with Crippen molar-refractivity contribution in [3.63, 3.8) is 0 Å². The van der Waals surface area contributed by atoms with Crippen LogP contribution in [-0.4, -0.2) is 49.7 Å². The van der Waals surface area contributed by atoms with Gasteiger partial charge in [-0.2, -0.15) is 18.3 Å². The lowest BCUT2D eigenvalue weighted by molar-refractivity contribution is -0.143. The third-order valence-corrected chi connectivity index (χ3v) is 9.70. The molecule has 0 atom stereocenters. The largest absolute Gasteiger partial charge is 0.489 e. The molecule has 1 aliphatic carbocycles. The van der Waals surface area contributed by atoms with Crippen molar-refractivity contribution in [2.24, 2.45) is 5.92 Å². The zero-order chi connectivity index (χ0) is 32.6. The summed E-state index contributed by atoms with van der Waals surface area (Å²) < 4.78 is 48.3. The van der Waals surface area contributed by atoms with Gasteiger partial charge in [-0.05, 0) is 86.4 Å². The number of carbonyl (C=O) groups is 2. The number of rotatable bonds is 10. The molecule has 1 saturated heterocycles. The zero-order valence-electron chi connectivity index (χ0n) is 25.6. The number of hydrogen-bond donors (Lipinski definition) is 1. The first kappa shape index (κ1) is 31.8. The molecule has 1 saturated carbocycles. The molecule has 0 spiro atoms. The molecule has 1 amide bonds. The van der Waals surface area contributed by atoms with Crippen molar-refractivity contribution in [3.8, 4) is 22.1 Å². The molecule has 2 aliphatic rings. The highest BCUT2D eigenvalue weighted by molar-refractivity contribution is 7.15. The summed E-state index contributed by atoms with van der Waals surface area (Å²) in [6.45, 7) is 5.93. The summed E-state index contributed by atoms with van der Waals surface area (Å²) in [4.78, 5) is 32.2. The number of ether oxygens (including phenoxy) is 1. The summed E-state index contributed by atoms with van der Waals surface area (Å²) in [6.07, 6.45) is 1.62. The molecule has 242 valence electrons. The number of aromatic carboxylic acids is 1. The highest BCUT2D eigenvalue weighted by Crippen LogP contribution is 2.38. The van der Waals surface area contributed by atoms with Gasteiger partial charge in [0.15, 0.2) is 11.5 Å². The van der Waals surface area contributed by atoms with E-state index in [0.29, 0.717) is 28.4 Å². The maximum atomic E-state index is 13.8. The van der Waals surface area contributed by atoms with E-state index in [4.69, 9.17) is 4.74 Å². The van der Waals surface area contributed by atoms with E-state index in [1.165, 1.54) is 28.5 Å². The molecular weight excluding hydrogens is 617 g/mol. The molecule has 4 aromatic rings. The Hall–Kier alpha value is -4.19. The van der Waals surface area contributed by atoms with Crippen LogP contribution >= 0.6 is 11.3 Å². The number of carbonyl (C=O) groups excluding carboxylic acids is 1. The summed E-state index contributed by atoms with van der Waals surface area (Å²) in [5.74, 6) is -0.149. The van der Waals surface area contributed by atoms with E-state index in [9.17, 15) is 27.9 Å². The Labute approximate surface area is 268 Å². The highest BCUT2D eigenvalue weighted by atomic mass is 32.1. The normalized spacial score (nSPS) is 15.7. The fraction of sp³-hybridized carbons (Fsp3) is 0.412. The monoisotopic (exact) mass is 652 g/mol. The fourth-order valence-corrected chi connectivity index (χ4v) is 7.22. The van der Waals surface area contributed by atoms with Gasteiger partial charge in [0.25, 0.3) is 0 Å². The van der Waals surface area contributed by atoms with Crippen molar-refractivity contribution in [2.45, 2.75) is 71.1 Å². The zero-order valence-corrected chi connectivity index (χ0v) is 26.5. The molecule has 0 unspecified atom stereocenters. The first-order valence-corrected chi connectivity index (χ1v) is 16.3. The van der Waals surface area contributed by atoms with E-state index in [1.54, 1.807) is 12.1 Å². The molecule has 4 heterocycles. The summed E-state index contributed by atoms with van der Waals surface area (Å²) in [7, 11) is 0. The standard InChI is InChI=1S/C34H35F3N4O4S/c1-3-5-23-17-25(10-11-26(23)21-12-14-40(15-13-21)32(42)22-8-9-22)45-19-24-16-20(2)46-30(24)28-6-4-7-29(39-28)41-31(34(35,36)37)27(18-38-41)33(43)44/h4,6-7,10-11,16-18,21-22H,3,5,8-9,12-15,19H2,1-2H3,(H,43,44). The Bertz CT molecular complexity index is 1750. The molecule has 0 radical (unpaired) electrons. The topological polar surface area (TPSA) is 97.6 Å². The van der Waals surface area contributed by atoms with Crippen molar-refractivity contribution < 1.29 is 32.6 Å². The van der Waals surface area contributed by atoms with Crippen LogP contribution < -0.4 is 4.74 Å². The number of carboxylic acid groups (broad SMARTS) is 1. The number of piperidine rings is 1. The second-order valence-corrected chi connectivity index (χ2v) is 13.2. The maximum Gasteiger partial charge on any atom is 0.434 e. The van der Waals surface area contributed by atoms with Crippen LogP contribution in [0.5, 0.6) is 5.75 Å². The van der Waals surface area contributed by atoms with Crippen LogP contribution in [0.15, 0.2) is 48.7 Å². The number of likely N-dealkylation sites (tertiary alicyclic amines) is 1. The lowest BCUT2D eigenvalue weighted by atomic mass is 9.85. The summed E-state index contributed by atoms with van der Waals surface area (Å²) in [6, 6.07) is 12.9. The number of thiophene rings is 1. The molecule has 12 heteroatoms. The van der Waals surface area contributed by atoms with E-state index >= 15 is 0 Å². The van der Waals surface area contributed by atoms with Crippen LogP contribution in [0, 0.1) is 12.8 Å². The van der Waals surface area contributed by atoms with E-state index in [1.807, 2.05) is 24.0 Å². The van der Waals surface area contributed by atoms with Gasteiger partial charge >= 0.3 is 12.1 Å². The third kappa shape index (κ3) is 6.67. The van der Waals surface area contributed by atoms with E-state index in [-0.39, 0.29) is 18.3 Å². The lowest BCUT2D eigenvalue weighted by Crippen LogP contribution is -2.38. The fourth-order valence-electron chi connectivity index (χ4n) is 6.23. The average Bonchev–Trinajstić information content (AvgIpc) is 3.66.